The Labute approximate surface area is 197 Å². The molecule has 0 unspecified atom stereocenters. The van der Waals surface area contributed by atoms with E-state index < -0.39 is 0 Å². The molecule has 1 saturated heterocycles. The molecule has 1 heterocycles. The lowest BCUT2D eigenvalue weighted by molar-refractivity contribution is -0.126. The molecule has 0 radical (unpaired) electrons. The summed E-state index contributed by atoms with van der Waals surface area (Å²) in [6.07, 6.45) is 11.6. The van der Waals surface area contributed by atoms with Crippen molar-refractivity contribution in [3.05, 3.63) is 0 Å². The highest BCUT2D eigenvalue weighted by atomic mass is 16.5. The fourth-order valence-corrected chi connectivity index (χ4v) is 5.07. The highest BCUT2D eigenvalue weighted by Gasteiger charge is 2.40. The summed E-state index contributed by atoms with van der Waals surface area (Å²) in [5.74, 6) is -0.0550. The summed E-state index contributed by atoms with van der Waals surface area (Å²) >= 11 is 0. The Morgan fingerprint density at radius 1 is 0.812 bits per heavy atom. The molecule has 6 nitrogen and oxygen atoms in total. The molecule has 1 aliphatic rings. The van der Waals surface area contributed by atoms with Crippen LogP contribution in [-0.4, -0.2) is 66.3 Å². The van der Waals surface area contributed by atoms with Gasteiger partial charge in [-0.2, -0.15) is 0 Å². The number of nitrogens with zero attached hydrogens (tertiary/aromatic N) is 2. The first-order valence-electron chi connectivity index (χ1n) is 13.1. The molecule has 3 amide bonds. The summed E-state index contributed by atoms with van der Waals surface area (Å²) in [4.78, 5) is 27.9. The van der Waals surface area contributed by atoms with E-state index in [9.17, 15) is 14.7 Å². The molecule has 0 aromatic carbocycles. The molecule has 0 atom stereocenters. The predicted octanol–water partition coefficient (Wildman–Crippen LogP) is 5.62. The predicted molar refractivity (Wildman–Crippen MR) is 131 cm³/mol. The summed E-state index contributed by atoms with van der Waals surface area (Å²) in [5, 5.41) is 9.35. The zero-order valence-corrected chi connectivity index (χ0v) is 21.6. The number of hydrogen-bond acceptors (Lipinski definition) is 4. The average molecular weight is 455 g/mol. The largest absolute Gasteiger partial charge is 0.396 e. The van der Waals surface area contributed by atoms with E-state index in [1.165, 1.54) is 11.3 Å². The van der Waals surface area contributed by atoms with Crippen LogP contribution in [0.2, 0.25) is 0 Å². The van der Waals surface area contributed by atoms with Crippen LogP contribution < -0.4 is 0 Å². The second-order valence-electron chi connectivity index (χ2n) is 9.69. The van der Waals surface area contributed by atoms with Crippen molar-refractivity contribution in [3.63, 3.8) is 0 Å². The van der Waals surface area contributed by atoms with E-state index in [4.69, 9.17) is 4.74 Å². The van der Waals surface area contributed by atoms with Gasteiger partial charge in [0, 0.05) is 32.9 Å². The van der Waals surface area contributed by atoms with Gasteiger partial charge in [-0.3, -0.25) is 9.69 Å². The van der Waals surface area contributed by atoms with Crippen LogP contribution in [0.3, 0.4) is 0 Å². The minimum absolute atomic E-state index is 0.00537. The van der Waals surface area contributed by atoms with E-state index in [0.717, 1.165) is 77.4 Å². The summed E-state index contributed by atoms with van der Waals surface area (Å²) in [6, 6.07) is -0.124. The maximum atomic E-state index is 12.5. The number of unbranched alkanes of at least 4 members (excludes halogenated alkanes) is 2. The Kier molecular flexibility index (Phi) is 13.4. The van der Waals surface area contributed by atoms with Crippen LogP contribution in [0.25, 0.3) is 0 Å². The monoisotopic (exact) mass is 454 g/mol. The van der Waals surface area contributed by atoms with Gasteiger partial charge in [0.05, 0.1) is 0 Å². The Morgan fingerprint density at radius 2 is 1.34 bits per heavy atom. The topological polar surface area (TPSA) is 70.1 Å². The van der Waals surface area contributed by atoms with Crippen LogP contribution in [0.4, 0.5) is 4.79 Å². The van der Waals surface area contributed by atoms with Crippen LogP contribution in [-0.2, 0) is 9.53 Å². The molecule has 0 aromatic heterocycles. The number of carbonyl (C=O) groups excluding carboxylic acids is 2. The molecule has 1 rings (SSSR count). The molecule has 0 spiro atoms. The average Bonchev–Trinajstić information content (AvgIpc) is 3.08. The van der Waals surface area contributed by atoms with Gasteiger partial charge >= 0.3 is 6.03 Å². The van der Waals surface area contributed by atoms with E-state index in [2.05, 4.69) is 27.7 Å². The molecular weight excluding hydrogens is 404 g/mol. The first-order valence-corrected chi connectivity index (χ1v) is 13.1. The number of rotatable bonds is 19. The van der Waals surface area contributed by atoms with Crippen LogP contribution in [0, 0.1) is 10.8 Å². The zero-order chi connectivity index (χ0) is 24.0. The van der Waals surface area contributed by atoms with Gasteiger partial charge < -0.3 is 14.7 Å². The number of likely N-dealkylation sites (N-methyl/N-ethyl adjacent to an activating group) is 1. The standard InChI is InChI=1S/C26H50N2O4/c1-6-25(7-2,17-18-29)15-11-13-19-32-20-14-12-16-26(8-3,9-4)22-28-23(30)21-27(10-5)24(28)31/h29H,6-22H2,1-5H3. The number of ether oxygens (including phenoxy) is 1. The van der Waals surface area contributed by atoms with Crippen molar-refractivity contribution in [2.45, 2.75) is 105 Å². The van der Waals surface area contributed by atoms with Crippen LogP contribution >= 0.6 is 0 Å². The van der Waals surface area contributed by atoms with Gasteiger partial charge in [0.25, 0.3) is 0 Å². The number of amides is 3. The molecule has 32 heavy (non-hydrogen) atoms. The summed E-state index contributed by atoms with van der Waals surface area (Å²) in [6.45, 7) is 13.9. The van der Waals surface area contributed by atoms with Gasteiger partial charge in [0.2, 0.25) is 5.91 Å². The molecule has 0 aliphatic carbocycles. The molecule has 188 valence electrons. The maximum absolute atomic E-state index is 12.5. The van der Waals surface area contributed by atoms with Crippen LogP contribution in [0.1, 0.15) is 105 Å². The lowest BCUT2D eigenvalue weighted by atomic mass is 9.75. The second kappa shape index (κ2) is 14.9. The smallest absolute Gasteiger partial charge is 0.327 e. The van der Waals surface area contributed by atoms with E-state index in [-0.39, 0.29) is 30.5 Å². The Morgan fingerprint density at radius 3 is 1.78 bits per heavy atom. The van der Waals surface area contributed by atoms with Crippen molar-refractivity contribution in [2.24, 2.45) is 10.8 Å². The normalized spacial score (nSPS) is 15.3. The third kappa shape index (κ3) is 8.33. The number of aliphatic hydroxyl groups is 1. The third-order valence-electron chi connectivity index (χ3n) is 8.14. The number of urea groups is 1. The van der Waals surface area contributed by atoms with E-state index in [1.807, 2.05) is 6.92 Å². The fourth-order valence-electron chi connectivity index (χ4n) is 5.07. The number of hydrogen-bond donors (Lipinski definition) is 1. The van der Waals surface area contributed by atoms with Gasteiger partial charge in [-0.15, -0.1) is 0 Å². The lowest BCUT2D eigenvalue weighted by Crippen LogP contribution is -2.41. The van der Waals surface area contributed by atoms with E-state index >= 15 is 0 Å². The zero-order valence-electron chi connectivity index (χ0n) is 21.6. The summed E-state index contributed by atoms with van der Waals surface area (Å²) < 4.78 is 5.88. The van der Waals surface area contributed by atoms with Gasteiger partial charge in [0.15, 0.2) is 0 Å². The first kappa shape index (κ1) is 28.9. The van der Waals surface area contributed by atoms with Gasteiger partial charge in [-0.05, 0) is 62.7 Å². The van der Waals surface area contributed by atoms with E-state index in [0.29, 0.717) is 18.5 Å². The quantitative estimate of drug-likeness (QED) is 0.203. The SMILES string of the molecule is CCN1CC(=O)N(CC(CC)(CC)CCCCOCCCCC(CC)(CC)CCO)C1=O. The Bertz CT molecular complexity index is 544. The molecule has 0 bridgehead atoms. The fraction of sp³-hybridized carbons (Fsp3) is 0.923. The highest BCUT2D eigenvalue weighted by Crippen LogP contribution is 2.36. The van der Waals surface area contributed by atoms with Crippen LogP contribution in [0.5, 0.6) is 0 Å². The molecule has 1 aliphatic heterocycles. The van der Waals surface area contributed by atoms with Gasteiger partial charge in [-0.1, -0.05) is 53.4 Å². The molecule has 6 heteroatoms. The minimum atomic E-state index is -0.124. The van der Waals surface area contributed by atoms with Crippen molar-refractivity contribution in [3.8, 4) is 0 Å². The minimum Gasteiger partial charge on any atom is -0.396 e. The van der Waals surface area contributed by atoms with Crippen molar-refractivity contribution >= 4 is 11.9 Å². The van der Waals surface area contributed by atoms with Crippen LogP contribution in [0.15, 0.2) is 0 Å². The molecular formula is C26H50N2O4. The third-order valence-corrected chi connectivity index (χ3v) is 8.14. The van der Waals surface area contributed by atoms with Crippen molar-refractivity contribution in [1.29, 1.82) is 0 Å². The van der Waals surface area contributed by atoms with Crippen molar-refractivity contribution in [2.75, 3.05) is 39.5 Å². The van der Waals surface area contributed by atoms with Gasteiger partial charge in [-0.25, -0.2) is 4.79 Å². The first-order chi connectivity index (χ1) is 15.4. The lowest BCUT2D eigenvalue weighted by Gasteiger charge is -2.35. The molecule has 1 fully saturated rings. The van der Waals surface area contributed by atoms with E-state index in [1.54, 1.807) is 4.90 Å². The highest BCUT2D eigenvalue weighted by molar-refractivity contribution is 6.02. The van der Waals surface area contributed by atoms with Crippen molar-refractivity contribution in [1.82, 2.24) is 9.80 Å². The van der Waals surface area contributed by atoms with Crippen molar-refractivity contribution < 1.29 is 19.4 Å². The Balaban J connectivity index is 2.31. The Hall–Kier alpha value is -1.14. The summed E-state index contributed by atoms with van der Waals surface area (Å²) in [5.41, 5.74) is 0.302. The molecule has 0 aromatic rings. The van der Waals surface area contributed by atoms with Gasteiger partial charge in [0.1, 0.15) is 6.54 Å². The number of imide groups is 1. The number of carbonyl (C=O) groups is 2. The number of aliphatic hydroxyl groups excluding tert-OH is 1. The summed E-state index contributed by atoms with van der Waals surface area (Å²) in [7, 11) is 0. The molecule has 0 saturated carbocycles. The maximum Gasteiger partial charge on any atom is 0.327 e. The second-order valence-corrected chi connectivity index (χ2v) is 9.69. The molecule has 1 N–H and O–H groups in total.